The van der Waals surface area contributed by atoms with Crippen LogP contribution >= 0.6 is 0 Å². The van der Waals surface area contributed by atoms with E-state index in [0.717, 1.165) is 27.6 Å². The summed E-state index contributed by atoms with van der Waals surface area (Å²) in [6.07, 6.45) is 2.47. The van der Waals surface area contributed by atoms with Crippen molar-refractivity contribution in [3.63, 3.8) is 0 Å². The highest BCUT2D eigenvalue weighted by molar-refractivity contribution is 5.94. The predicted octanol–water partition coefficient (Wildman–Crippen LogP) is 3.90. The molecule has 148 valence electrons. The van der Waals surface area contributed by atoms with Gasteiger partial charge >= 0.3 is 0 Å². The van der Waals surface area contributed by atoms with Crippen LogP contribution < -0.4 is 5.32 Å². The smallest absolute Gasteiger partial charge is 0.251 e. The first kappa shape index (κ1) is 19.5. The number of aromatic amines is 1. The molecule has 0 aliphatic rings. The van der Waals surface area contributed by atoms with Gasteiger partial charge in [-0.3, -0.25) is 4.79 Å². The Balaban J connectivity index is 1.46. The average molecular weight is 394 g/mol. The van der Waals surface area contributed by atoms with E-state index in [1.165, 1.54) is 0 Å². The van der Waals surface area contributed by atoms with Crippen molar-refractivity contribution in [2.45, 2.75) is 12.5 Å². The van der Waals surface area contributed by atoms with Gasteiger partial charge in [-0.1, -0.05) is 54.3 Å². The number of aliphatic hydroxyl groups is 1. The zero-order valence-electron chi connectivity index (χ0n) is 16.4. The SMILES string of the molecule is O=C(N[C@@H](CO)Cc1c[nH]c2ccccc12)c1cccc(C#Cc2ccccc2)c1. The van der Waals surface area contributed by atoms with Crippen LogP contribution in [0.2, 0.25) is 0 Å². The minimum Gasteiger partial charge on any atom is -0.394 e. The highest BCUT2D eigenvalue weighted by atomic mass is 16.3. The van der Waals surface area contributed by atoms with Gasteiger partial charge in [0.05, 0.1) is 12.6 Å². The number of aliphatic hydroxyl groups excluding tert-OH is 1. The van der Waals surface area contributed by atoms with E-state index in [9.17, 15) is 9.90 Å². The number of amides is 1. The van der Waals surface area contributed by atoms with Gasteiger partial charge in [0.2, 0.25) is 0 Å². The second kappa shape index (κ2) is 9.13. The lowest BCUT2D eigenvalue weighted by Gasteiger charge is -2.16. The molecule has 0 spiro atoms. The lowest BCUT2D eigenvalue weighted by molar-refractivity contribution is 0.0916. The van der Waals surface area contributed by atoms with Gasteiger partial charge in [0.1, 0.15) is 0 Å². The molecule has 4 heteroatoms. The van der Waals surface area contributed by atoms with Crippen LogP contribution in [0.15, 0.2) is 85.1 Å². The Morgan fingerprint density at radius 2 is 1.67 bits per heavy atom. The molecule has 4 aromatic rings. The monoisotopic (exact) mass is 394 g/mol. The standard InChI is InChI=1S/C26H22N2O2/c29-18-23(16-22-17-27-25-12-5-4-11-24(22)25)28-26(30)21-10-6-9-20(15-21)14-13-19-7-2-1-3-8-19/h1-12,15,17,23,27,29H,16,18H2,(H,28,30)/t23-/m1/s1. The molecule has 0 bridgehead atoms. The van der Waals surface area contributed by atoms with Crippen LogP contribution in [0.3, 0.4) is 0 Å². The maximum Gasteiger partial charge on any atom is 0.251 e. The molecule has 4 nitrogen and oxygen atoms in total. The highest BCUT2D eigenvalue weighted by Crippen LogP contribution is 2.19. The molecule has 0 unspecified atom stereocenters. The molecule has 3 N–H and O–H groups in total. The number of nitrogens with one attached hydrogen (secondary N) is 2. The molecule has 1 heterocycles. The zero-order valence-corrected chi connectivity index (χ0v) is 16.4. The minimum atomic E-state index is -0.379. The molecule has 1 aromatic heterocycles. The molecular weight excluding hydrogens is 372 g/mol. The number of aromatic nitrogens is 1. The molecule has 1 atom stereocenters. The van der Waals surface area contributed by atoms with Crippen LogP contribution in [0.1, 0.15) is 27.0 Å². The van der Waals surface area contributed by atoms with Crippen molar-refractivity contribution in [2.75, 3.05) is 6.61 Å². The van der Waals surface area contributed by atoms with E-state index >= 15 is 0 Å². The van der Waals surface area contributed by atoms with E-state index in [2.05, 4.69) is 22.1 Å². The Morgan fingerprint density at radius 1 is 0.933 bits per heavy atom. The van der Waals surface area contributed by atoms with E-state index < -0.39 is 0 Å². The lowest BCUT2D eigenvalue weighted by atomic mass is 10.0. The van der Waals surface area contributed by atoms with E-state index in [-0.39, 0.29) is 18.6 Å². The fraction of sp³-hybridized carbons (Fsp3) is 0.115. The molecule has 30 heavy (non-hydrogen) atoms. The third-order valence-corrected chi connectivity index (χ3v) is 4.95. The fourth-order valence-electron chi connectivity index (χ4n) is 3.40. The highest BCUT2D eigenvalue weighted by Gasteiger charge is 2.16. The lowest BCUT2D eigenvalue weighted by Crippen LogP contribution is -2.39. The molecule has 0 fully saturated rings. The molecular formula is C26H22N2O2. The van der Waals surface area contributed by atoms with Crippen LogP contribution in [0, 0.1) is 11.8 Å². The number of hydrogen-bond acceptors (Lipinski definition) is 2. The van der Waals surface area contributed by atoms with E-state index in [1.807, 2.05) is 72.9 Å². The number of fused-ring (bicyclic) bond motifs is 1. The van der Waals surface area contributed by atoms with Gasteiger partial charge in [-0.2, -0.15) is 0 Å². The summed E-state index contributed by atoms with van der Waals surface area (Å²) < 4.78 is 0. The molecule has 0 aliphatic carbocycles. The van der Waals surface area contributed by atoms with Crippen molar-refractivity contribution < 1.29 is 9.90 Å². The summed E-state index contributed by atoms with van der Waals surface area (Å²) in [5.41, 5.74) is 4.31. The number of para-hydroxylation sites is 1. The summed E-state index contributed by atoms with van der Waals surface area (Å²) in [5, 5.41) is 13.8. The van der Waals surface area contributed by atoms with Crippen LogP contribution in [0.4, 0.5) is 0 Å². The van der Waals surface area contributed by atoms with E-state index in [4.69, 9.17) is 0 Å². The van der Waals surface area contributed by atoms with Crippen LogP contribution in [0.25, 0.3) is 10.9 Å². The summed E-state index contributed by atoms with van der Waals surface area (Å²) >= 11 is 0. The van der Waals surface area contributed by atoms with Crippen molar-refractivity contribution in [1.29, 1.82) is 0 Å². The second-order valence-electron chi connectivity index (χ2n) is 7.11. The first-order valence-electron chi connectivity index (χ1n) is 9.87. The molecule has 0 aliphatic heterocycles. The molecule has 0 saturated heterocycles. The fourth-order valence-corrected chi connectivity index (χ4v) is 3.40. The van der Waals surface area contributed by atoms with Gasteiger partial charge in [-0.05, 0) is 48.4 Å². The minimum absolute atomic E-state index is 0.140. The van der Waals surface area contributed by atoms with E-state index in [0.29, 0.717) is 12.0 Å². The van der Waals surface area contributed by atoms with Gasteiger partial charge in [-0.25, -0.2) is 0 Å². The molecule has 4 rings (SSSR count). The van der Waals surface area contributed by atoms with Gasteiger partial charge in [0.15, 0.2) is 0 Å². The van der Waals surface area contributed by atoms with Gasteiger partial charge in [0.25, 0.3) is 5.91 Å². The summed E-state index contributed by atoms with van der Waals surface area (Å²) in [4.78, 5) is 16.0. The third-order valence-electron chi connectivity index (χ3n) is 4.95. The molecule has 0 radical (unpaired) electrons. The Kier molecular flexibility index (Phi) is 5.93. The normalized spacial score (nSPS) is 11.5. The summed E-state index contributed by atoms with van der Waals surface area (Å²) in [7, 11) is 0. The van der Waals surface area contributed by atoms with E-state index in [1.54, 1.807) is 12.1 Å². The van der Waals surface area contributed by atoms with Crippen molar-refractivity contribution in [3.8, 4) is 11.8 Å². The first-order valence-corrected chi connectivity index (χ1v) is 9.87. The van der Waals surface area contributed by atoms with Crippen LogP contribution in [0.5, 0.6) is 0 Å². The Bertz CT molecular complexity index is 1220. The number of H-pyrrole nitrogens is 1. The van der Waals surface area contributed by atoms with Crippen molar-refractivity contribution in [3.05, 3.63) is 107 Å². The average Bonchev–Trinajstić information content (AvgIpc) is 3.21. The number of rotatable bonds is 5. The predicted molar refractivity (Wildman–Crippen MR) is 119 cm³/mol. The van der Waals surface area contributed by atoms with Crippen molar-refractivity contribution in [1.82, 2.24) is 10.3 Å². The Hall–Kier alpha value is -3.81. The van der Waals surface area contributed by atoms with Gasteiger partial charge in [-0.15, -0.1) is 0 Å². The number of hydrogen-bond donors (Lipinski definition) is 3. The second-order valence-corrected chi connectivity index (χ2v) is 7.11. The van der Waals surface area contributed by atoms with Crippen molar-refractivity contribution in [2.24, 2.45) is 0 Å². The van der Waals surface area contributed by atoms with Crippen molar-refractivity contribution >= 4 is 16.8 Å². The molecule has 3 aromatic carbocycles. The molecule has 0 saturated carbocycles. The topological polar surface area (TPSA) is 65.1 Å². The maximum atomic E-state index is 12.8. The quantitative estimate of drug-likeness (QED) is 0.450. The first-order chi connectivity index (χ1) is 14.7. The molecule has 1 amide bonds. The van der Waals surface area contributed by atoms with Crippen LogP contribution in [-0.2, 0) is 6.42 Å². The maximum absolute atomic E-state index is 12.8. The van der Waals surface area contributed by atoms with Gasteiger partial charge in [0, 0.05) is 33.8 Å². The van der Waals surface area contributed by atoms with Gasteiger partial charge < -0.3 is 15.4 Å². The largest absolute Gasteiger partial charge is 0.394 e. The third kappa shape index (κ3) is 4.60. The summed E-state index contributed by atoms with van der Waals surface area (Å²) in [5.74, 6) is 5.97. The summed E-state index contributed by atoms with van der Waals surface area (Å²) in [6.45, 7) is -0.140. The van der Waals surface area contributed by atoms with Crippen LogP contribution in [-0.4, -0.2) is 28.6 Å². The Labute approximate surface area is 175 Å². The number of carbonyl (C=O) groups excluding carboxylic acids is 1. The number of carbonyl (C=O) groups is 1. The zero-order chi connectivity index (χ0) is 20.8. The number of benzene rings is 3. The summed E-state index contributed by atoms with van der Waals surface area (Å²) in [6, 6.07) is 24.6. The Morgan fingerprint density at radius 3 is 2.50 bits per heavy atom.